The third kappa shape index (κ3) is 3.39. The van der Waals surface area contributed by atoms with Crippen molar-refractivity contribution < 1.29 is 44.7 Å². The molecular weight excluding hydrogens is 388 g/mol. The molecule has 0 saturated heterocycles. The largest absolute Gasteiger partial charge is 0.434 e. The van der Waals surface area contributed by atoms with Crippen molar-refractivity contribution in [3.05, 3.63) is 52.6 Å². The van der Waals surface area contributed by atoms with Gasteiger partial charge < -0.3 is 4.74 Å². The van der Waals surface area contributed by atoms with Gasteiger partial charge in [-0.25, -0.2) is 26.3 Å². The van der Waals surface area contributed by atoms with Gasteiger partial charge in [0, 0.05) is 11.6 Å². The molecule has 0 aromatic heterocycles. The van der Waals surface area contributed by atoms with Gasteiger partial charge >= 0.3 is 6.61 Å². The minimum Gasteiger partial charge on any atom is -0.434 e. The Kier molecular flexibility index (Phi) is 5.21. The first-order valence-corrected chi connectivity index (χ1v) is 6.44. The monoisotopic (exact) mass is 390 g/mol. The van der Waals surface area contributed by atoms with Crippen molar-refractivity contribution >= 4 is 16.8 Å². The molecule has 25 heavy (non-hydrogen) atoms. The molecule has 2 aromatic carbocycles. The fraction of sp³-hybridized carbons (Fsp3) is 0.0714. The van der Waals surface area contributed by atoms with Crippen LogP contribution in [0.5, 0.6) is 5.75 Å². The van der Waals surface area contributed by atoms with Gasteiger partial charge in [0.25, 0.3) is 5.24 Å². The molecule has 0 amide bonds. The first-order valence-electron chi connectivity index (χ1n) is 6.06. The maximum absolute atomic E-state index is 14.0. The second-order valence-corrected chi connectivity index (χ2v) is 4.77. The zero-order valence-corrected chi connectivity index (χ0v) is 12.2. The summed E-state index contributed by atoms with van der Waals surface area (Å²) in [6, 6.07) is 0.343. The van der Waals surface area contributed by atoms with Gasteiger partial charge in [-0.15, -0.1) is 0 Å². The highest BCUT2D eigenvalue weighted by Gasteiger charge is 2.29. The van der Waals surface area contributed by atoms with E-state index < -0.39 is 69.2 Å². The van der Waals surface area contributed by atoms with Crippen LogP contribution in [0.25, 0.3) is 11.1 Å². The standard InChI is InChI=1S/C14H3ClF8O2/c15-13(24)4-1-3(5(16)2-6(4)25-14(22)23)7-8(17)10(19)12(21)11(20)9(7)18/h1-2,14H. The van der Waals surface area contributed by atoms with Crippen molar-refractivity contribution in [3.63, 3.8) is 0 Å². The second-order valence-electron chi connectivity index (χ2n) is 4.43. The Morgan fingerprint density at radius 3 is 1.80 bits per heavy atom. The summed E-state index contributed by atoms with van der Waals surface area (Å²) in [5.74, 6) is -14.7. The maximum atomic E-state index is 14.0. The van der Waals surface area contributed by atoms with E-state index >= 15 is 0 Å². The third-order valence-electron chi connectivity index (χ3n) is 2.98. The van der Waals surface area contributed by atoms with Gasteiger partial charge in [-0.3, -0.25) is 4.79 Å². The molecule has 2 rings (SSSR count). The summed E-state index contributed by atoms with van der Waals surface area (Å²) in [4.78, 5) is 11.2. The van der Waals surface area contributed by atoms with Gasteiger partial charge in [0.05, 0.1) is 11.1 Å². The van der Waals surface area contributed by atoms with Crippen LogP contribution in [0.2, 0.25) is 0 Å². The van der Waals surface area contributed by atoms with E-state index in [1.165, 1.54) is 0 Å². The quantitative estimate of drug-likeness (QED) is 0.312. The molecule has 2 nitrogen and oxygen atoms in total. The molecule has 0 bridgehead atoms. The normalized spacial score (nSPS) is 11.1. The lowest BCUT2D eigenvalue weighted by atomic mass is 10.00. The number of carbonyl (C=O) groups is 1. The maximum Gasteiger partial charge on any atom is 0.387 e. The van der Waals surface area contributed by atoms with E-state index in [9.17, 15) is 39.9 Å². The van der Waals surface area contributed by atoms with Gasteiger partial charge in [-0.2, -0.15) is 8.78 Å². The predicted octanol–water partition coefficient (Wildman–Crippen LogP) is 5.17. The molecule has 0 spiro atoms. The molecule has 0 radical (unpaired) electrons. The zero-order chi connectivity index (χ0) is 19.0. The molecule has 0 heterocycles. The number of ether oxygens (including phenoxy) is 1. The van der Waals surface area contributed by atoms with Crippen LogP contribution in [0.4, 0.5) is 35.1 Å². The Bertz CT molecular complexity index is 840. The lowest BCUT2D eigenvalue weighted by molar-refractivity contribution is -0.0502. The van der Waals surface area contributed by atoms with Gasteiger partial charge in [-0.05, 0) is 17.7 Å². The average Bonchev–Trinajstić information content (AvgIpc) is 2.52. The second kappa shape index (κ2) is 6.87. The van der Waals surface area contributed by atoms with Gasteiger partial charge in [0.2, 0.25) is 5.82 Å². The summed E-state index contributed by atoms with van der Waals surface area (Å²) < 4.78 is 109. The summed E-state index contributed by atoms with van der Waals surface area (Å²) in [6.45, 7) is -3.51. The topological polar surface area (TPSA) is 26.3 Å². The lowest BCUT2D eigenvalue weighted by Crippen LogP contribution is -2.09. The number of halogens is 9. The third-order valence-corrected chi connectivity index (χ3v) is 3.18. The highest BCUT2D eigenvalue weighted by molar-refractivity contribution is 6.68. The predicted molar refractivity (Wildman–Crippen MR) is 68.4 cm³/mol. The summed E-state index contributed by atoms with van der Waals surface area (Å²) in [5.41, 5.74) is -3.93. The molecule has 11 heteroatoms. The first kappa shape index (κ1) is 19.0. The van der Waals surface area contributed by atoms with Crippen molar-refractivity contribution in [3.8, 4) is 16.9 Å². The Morgan fingerprint density at radius 2 is 1.36 bits per heavy atom. The molecule has 0 aliphatic carbocycles. The van der Waals surface area contributed by atoms with Crippen LogP contribution in [0.15, 0.2) is 12.1 Å². The molecule has 134 valence electrons. The van der Waals surface area contributed by atoms with Crippen LogP contribution in [-0.2, 0) is 0 Å². The van der Waals surface area contributed by atoms with E-state index in [0.717, 1.165) is 0 Å². The van der Waals surface area contributed by atoms with Crippen LogP contribution in [0.1, 0.15) is 10.4 Å². The van der Waals surface area contributed by atoms with Crippen LogP contribution >= 0.6 is 11.6 Å². The number of benzene rings is 2. The van der Waals surface area contributed by atoms with Crippen LogP contribution in [-0.4, -0.2) is 11.9 Å². The molecule has 0 saturated carbocycles. The number of carbonyl (C=O) groups excluding carboxylic acids is 1. The Hall–Kier alpha value is -2.36. The smallest absolute Gasteiger partial charge is 0.387 e. The van der Waals surface area contributed by atoms with Crippen LogP contribution in [0.3, 0.4) is 0 Å². The molecule has 0 atom stereocenters. The zero-order valence-electron chi connectivity index (χ0n) is 11.5. The SMILES string of the molecule is O=C(Cl)c1cc(-c2c(F)c(F)c(F)c(F)c2F)c(F)cc1OC(F)F. The molecule has 0 unspecified atom stereocenters. The molecule has 0 N–H and O–H groups in total. The molecule has 2 aromatic rings. The minimum atomic E-state index is -3.51. The van der Waals surface area contributed by atoms with Gasteiger partial charge in [-0.1, -0.05) is 0 Å². The Balaban J connectivity index is 2.82. The molecule has 0 aliphatic rings. The van der Waals surface area contributed by atoms with Crippen LogP contribution < -0.4 is 4.74 Å². The summed E-state index contributed by atoms with van der Waals surface area (Å²) >= 11 is 5.09. The minimum absolute atomic E-state index is 0.106. The van der Waals surface area contributed by atoms with Crippen molar-refractivity contribution in [2.45, 2.75) is 6.61 Å². The van der Waals surface area contributed by atoms with E-state index in [-0.39, 0.29) is 12.1 Å². The highest BCUT2D eigenvalue weighted by atomic mass is 35.5. The van der Waals surface area contributed by atoms with Gasteiger partial charge in [0.1, 0.15) is 11.6 Å². The first-order chi connectivity index (χ1) is 11.6. The number of alkyl halides is 2. The molecular formula is C14H3ClF8O2. The molecule has 0 aliphatic heterocycles. The fourth-order valence-electron chi connectivity index (χ4n) is 1.94. The van der Waals surface area contributed by atoms with Crippen molar-refractivity contribution in [1.82, 2.24) is 0 Å². The van der Waals surface area contributed by atoms with E-state index in [0.29, 0.717) is 0 Å². The fourth-order valence-corrected chi connectivity index (χ4v) is 2.08. The summed E-state index contributed by atoms with van der Waals surface area (Å²) in [5, 5.41) is -1.50. The highest BCUT2D eigenvalue weighted by Crippen LogP contribution is 2.36. The van der Waals surface area contributed by atoms with E-state index in [1.54, 1.807) is 0 Å². The Labute approximate surface area is 138 Å². The van der Waals surface area contributed by atoms with Crippen molar-refractivity contribution in [2.75, 3.05) is 0 Å². The Morgan fingerprint density at radius 1 is 0.880 bits per heavy atom. The summed E-state index contributed by atoms with van der Waals surface area (Å²) in [7, 11) is 0. The van der Waals surface area contributed by atoms with Crippen molar-refractivity contribution in [1.29, 1.82) is 0 Å². The van der Waals surface area contributed by atoms with Crippen molar-refractivity contribution in [2.24, 2.45) is 0 Å². The number of hydrogen-bond acceptors (Lipinski definition) is 2. The van der Waals surface area contributed by atoms with Gasteiger partial charge in [0.15, 0.2) is 23.3 Å². The summed E-state index contributed by atoms with van der Waals surface area (Å²) in [6.07, 6.45) is 0. The molecule has 0 fully saturated rings. The number of rotatable bonds is 4. The lowest BCUT2D eigenvalue weighted by Gasteiger charge is -2.13. The van der Waals surface area contributed by atoms with Crippen LogP contribution in [0, 0.1) is 34.9 Å². The average molecular weight is 391 g/mol. The number of hydrogen-bond donors (Lipinski definition) is 0. The van der Waals surface area contributed by atoms with E-state index in [4.69, 9.17) is 11.6 Å². The van der Waals surface area contributed by atoms with E-state index in [2.05, 4.69) is 4.74 Å². The van der Waals surface area contributed by atoms with E-state index in [1.807, 2.05) is 0 Å².